The molecule has 2 amide bonds. The second-order valence-electron chi connectivity index (χ2n) is 5.58. The Labute approximate surface area is 108 Å². The van der Waals surface area contributed by atoms with Crippen molar-refractivity contribution in [2.24, 2.45) is 5.84 Å². The predicted octanol–water partition coefficient (Wildman–Crippen LogP) is 0.634. The third-order valence-corrected chi connectivity index (χ3v) is 7.67. The molecule has 0 aliphatic carbocycles. The van der Waals surface area contributed by atoms with Crippen LogP contribution >= 0.6 is 0 Å². The summed E-state index contributed by atoms with van der Waals surface area (Å²) < 4.78 is 5.78. The molecule has 0 aromatic heterocycles. The predicted molar refractivity (Wildman–Crippen MR) is 70.4 cm³/mol. The van der Waals surface area contributed by atoms with Crippen molar-refractivity contribution in [2.45, 2.75) is 44.9 Å². The molecular formula is C10H23N3O4Si. The molecule has 0 saturated carbocycles. The summed E-state index contributed by atoms with van der Waals surface area (Å²) >= 11 is 0. The smallest absolute Gasteiger partial charge is 0.405 e. The van der Waals surface area contributed by atoms with E-state index in [0.29, 0.717) is 0 Å². The molecule has 0 radical (unpaired) electrons. The normalized spacial score (nSPS) is 13.9. The fourth-order valence-corrected chi connectivity index (χ4v) is 1.96. The molecule has 5 N–H and O–H groups in total. The summed E-state index contributed by atoms with van der Waals surface area (Å²) in [7, 11) is -2.03. The Hall–Kier alpha value is -1.12. The summed E-state index contributed by atoms with van der Waals surface area (Å²) in [5.74, 6) is 4.38. The third kappa shape index (κ3) is 5.03. The molecule has 18 heavy (non-hydrogen) atoms. The fourth-order valence-electron chi connectivity index (χ4n) is 0.941. The molecule has 1 unspecified atom stereocenters. The SMILES string of the molecule is CC(C)(C)[Si](C)(C)OCC(NC(=O)O)C(=O)NN. The lowest BCUT2D eigenvalue weighted by Gasteiger charge is -2.37. The van der Waals surface area contributed by atoms with E-state index in [1.54, 1.807) is 0 Å². The zero-order valence-corrected chi connectivity index (χ0v) is 12.5. The topological polar surface area (TPSA) is 114 Å². The van der Waals surface area contributed by atoms with E-state index in [-0.39, 0.29) is 11.6 Å². The van der Waals surface area contributed by atoms with Crippen LogP contribution < -0.4 is 16.6 Å². The summed E-state index contributed by atoms with van der Waals surface area (Å²) in [6.45, 7) is 10.2. The molecule has 106 valence electrons. The molecule has 0 aliphatic rings. The molecule has 0 heterocycles. The largest absolute Gasteiger partial charge is 0.465 e. The molecule has 0 aliphatic heterocycles. The maximum Gasteiger partial charge on any atom is 0.405 e. The summed E-state index contributed by atoms with van der Waals surface area (Å²) in [5, 5.41) is 10.7. The monoisotopic (exact) mass is 277 g/mol. The van der Waals surface area contributed by atoms with E-state index in [2.05, 4.69) is 26.1 Å². The number of carboxylic acid groups (broad SMARTS) is 1. The molecule has 0 aromatic carbocycles. The summed E-state index contributed by atoms with van der Waals surface area (Å²) in [6, 6.07) is -0.998. The maximum absolute atomic E-state index is 11.4. The lowest BCUT2D eigenvalue weighted by Crippen LogP contribution is -2.53. The Morgan fingerprint density at radius 1 is 1.39 bits per heavy atom. The van der Waals surface area contributed by atoms with Gasteiger partial charge in [-0.25, -0.2) is 10.6 Å². The van der Waals surface area contributed by atoms with Gasteiger partial charge < -0.3 is 14.8 Å². The van der Waals surface area contributed by atoms with Gasteiger partial charge in [-0.15, -0.1) is 0 Å². The number of nitrogens with one attached hydrogen (secondary N) is 2. The first-order chi connectivity index (χ1) is 8.01. The second kappa shape index (κ2) is 6.16. The van der Waals surface area contributed by atoms with Crippen molar-refractivity contribution in [2.75, 3.05) is 6.61 Å². The first kappa shape index (κ1) is 16.9. The van der Waals surface area contributed by atoms with Crippen LogP contribution in [0.2, 0.25) is 18.1 Å². The van der Waals surface area contributed by atoms with Gasteiger partial charge in [0.15, 0.2) is 8.32 Å². The fraction of sp³-hybridized carbons (Fsp3) is 0.800. The summed E-state index contributed by atoms with van der Waals surface area (Å²) in [5.41, 5.74) is 1.92. The van der Waals surface area contributed by atoms with Crippen LogP contribution in [0.25, 0.3) is 0 Å². The van der Waals surface area contributed by atoms with Gasteiger partial charge in [-0.05, 0) is 18.1 Å². The van der Waals surface area contributed by atoms with Gasteiger partial charge in [0, 0.05) is 0 Å². The van der Waals surface area contributed by atoms with E-state index in [9.17, 15) is 9.59 Å². The van der Waals surface area contributed by atoms with Gasteiger partial charge in [-0.1, -0.05) is 20.8 Å². The van der Waals surface area contributed by atoms with Crippen LogP contribution in [0.4, 0.5) is 4.79 Å². The number of amides is 2. The van der Waals surface area contributed by atoms with Crippen LogP contribution in [-0.2, 0) is 9.22 Å². The summed E-state index contributed by atoms with van der Waals surface area (Å²) in [4.78, 5) is 22.0. The van der Waals surface area contributed by atoms with Crippen molar-refractivity contribution < 1.29 is 19.1 Å². The quantitative estimate of drug-likeness (QED) is 0.255. The van der Waals surface area contributed by atoms with Crippen molar-refractivity contribution in [3.8, 4) is 0 Å². The number of hydrogen-bond acceptors (Lipinski definition) is 4. The van der Waals surface area contributed by atoms with Crippen LogP contribution in [0.5, 0.6) is 0 Å². The number of hydrogen-bond donors (Lipinski definition) is 4. The van der Waals surface area contributed by atoms with Crippen LogP contribution in [-0.4, -0.2) is 38.1 Å². The zero-order chi connectivity index (χ0) is 14.6. The molecule has 0 rings (SSSR count). The van der Waals surface area contributed by atoms with Crippen LogP contribution in [0.15, 0.2) is 0 Å². The van der Waals surface area contributed by atoms with Gasteiger partial charge in [0.05, 0.1) is 6.61 Å². The molecule has 1 atom stereocenters. The van der Waals surface area contributed by atoms with Gasteiger partial charge in [-0.2, -0.15) is 0 Å². The highest BCUT2D eigenvalue weighted by Crippen LogP contribution is 2.36. The third-order valence-electron chi connectivity index (χ3n) is 3.17. The second-order valence-corrected chi connectivity index (χ2v) is 10.4. The minimum atomic E-state index is -2.03. The number of carbonyl (C=O) groups excluding carboxylic acids is 1. The molecule has 8 heteroatoms. The average Bonchev–Trinajstić information content (AvgIpc) is 2.21. The van der Waals surface area contributed by atoms with Crippen LogP contribution in [0.3, 0.4) is 0 Å². The molecule has 7 nitrogen and oxygen atoms in total. The van der Waals surface area contributed by atoms with Gasteiger partial charge in [0.25, 0.3) is 5.91 Å². The number of hydrazine groups is 1. The standard InChI is InChI=1S/C10H23N3O4Si/c1-10(2,3)18(4,5)17-6-7(8(14)13-11)12-9(15)16/h7,12H,6,11H2,1-5H3,(H,13,14)(H,15,16). The highest BCUT2D eigenvalue weighted by atomic mass is 28.4. The Balaban J connectivity index is 4.62. The van der Waals surface area contributed by atoms with E-state index in [1.165, 1.54) is 0 Å². The van der Waals surface area contributed by atoms with Gasteiger partial charge in [0.1, 0.15) is 6.04 Å². The van der Waals surface area contributed by atoms with E-state index in [4.69, 9.17) is 15.4 Å². The molecule has 0 bridgehead atoms. The maximum atomic E-state index is 11.4. The van der Waals surface area contributed by atoms with Crippen molar-refractivity contribution in [1.29, 1.82) is 0 Å². The minimum absolute atomic E-state index is 0.0139. The van der Waals surface area contributed by atoms with Crippen molar-refractivity contribution in [3.05, 3.63) is 0 Å². The van der Waals surface area contributed by atoms with Gasteiger partial charge in [-0.3, -0.25) is 10.2 Å². The van der Waals surface area contributed by atoms with Gasteiger partial charge in [0.2, 0.25) is 0 Å². The number of nitrogens with two attached hydrogens (primary N) is 1. The Morgan fingerprint density at radius 3 is 2.22 bits per heavy atom. The van der Waals surface area contributed by atoms with E-state index < -0.39 is 26.4 Å². The number of rotatable bonds is 5. The Bertz CT molecular complexity index is 315. The summed E-state index contributed by atoms with van der Waals surface area (Å²) in [6.07, 6.45) is -1.29. The highest BCUT2D eigenvalue weighted by molar-refractivity contribution is 6.74. The van der Waals surface area contributed by atoms with E-state index >= 15 is 0 Å². The van der Waals surface area contributed by atoms with Crippen LogP contribution in [0, 0.1) is 0 Å². The Morgan fingerprint density at radius 2 is 1.89 bits per heavy atom. The molecule has 0 fully saturated rings. The van der Waals surface area contributed by atoms with Gasteiger partial charge >= 0.3 is 6.09 Å². The molecule has 0 saturated heterocycles. The van der Waals surface area contributed by atoms with Crippen molar-refractivity contribution >= 4 is 20.3 Å². The lowest BCUT2D eigenvalue weighted by atomic mass is 10.2. The first-order valence-electron chi connectivity index (χ1n) is 5.65. The molecule has 0 aromatic rings. The van der Waals surface area contributed by atoms with E-state index in [1.807, 2.05) is 18.5 Å². The highest BCUT2D eigenvalue weighted by Gasteiger charge is 2.38. The molecular weight excluding hydrogens is 254 g/mol. The molecule has 0 spiro atoms. The van der Waals surface area contributed by atoms with Crippen LogP contribution in [0.1, 0.15) is 20.8 Å². The minimum Gasteiger partial charge on any atom is -0.465 e. The number of carbonyl (C=O) groups is 2. The van der Waals surface area contributed by atoms with E-state index in [0.717, 1.165) is 0 Å². The average molecular weight is 277 g/mol. The zero-order valence-electron chi connectivity index (χ0n) is 11.5. The first-order valence-corrected chi connectivity index (χ1v) is 8.56. The van der Waals surface area contributed by atoms with Crippen molar-refractivity contribution in [1.82, 2.24) is 10.7 Å². The Kier molecular flexibility index (Phi) is 5.78. The van der Waals surface area contributed by atoms with Crippen molar-refractivity contribution in [3.63, 3.8) is 0 Å². The lowest BCUT2D eigenvalue weighted by molar-refractivity contribution is -0.123.